The first-order chi connectivity index (χ1) is 12.3. The van der Waals surface area contributed by atoms with E-state index in [1.165, 1.54) is 11.8 Å². The van der Waals surface area contributed by atoms with Crippen LogP contribution in [0.1, 0.15) is 73.1 Å². The number of azide groups is 1. The molecular weight excluding hydrogens is 374 g/mol. The molecule has 1 rings (SSSR count). The van der Waals surface area contributed by atoms with Gasteiger partial charge in [0.25, 0.3) is 10.1 Å². The predicted molar refractivity (Wildman–Crippen MR) is 110 cm³/mol. The molecule has 0 aromatic carbocycles. The Morgan fingerprint density at radius 1 is 1.23 bits per heavy atom. The van der Waals surface area contributed by atoms with Crippen LogP contribution in [0.25, 0.3) is 10.4 Å². The largest absolute Gasteiger partial charge is 0.288 e. The van der Waals surface area contributed by atoms with Crippen LogP contribution in [0.5, 0.6) is 0 Å². The smallest absolute Gasteiger partial charge is 0.264 e. The zero-order chi connectivity index (χ0) is 20.6. The van der Waals surface area contributed by atoms with Crippen LogP contribution in [0, 0.1) is 5.92 Å². The maximum Gasteiger partial charge on any atom is 0.264 e. The zero-order valence-electron chi connectivity index (χ0n) is 17.0. The molecule has 1 aliphatic carbocycles. The summed E-state index contributed by atoms with van der Waals surface area (Å²) in [5.41, 5.74) is 8.44. The first-order valence-corrected chi connectivity index (χ1v) is 12.1. The van der Waals surface area contributed by atoms with Crippen molar-refractivity contribution in [3.05, 3.63) is 10.4 Å². The molecule has 0 aromatic heterocycles. The highest BCUT2D eigenvalue weighted by Gasteiger charge is 2.29. The molecule has 3 atom stereocenters. The van der Waals surface area contributed by atoms with Gasteiger partial charge in [-0.05, 0) is 30.7 Å². The molecule has 1 fully saturated rings. The minimum Gasteiger partial charge on any atom is -0.288 e. The van der Waals surface area contributed by atoms with Crippen LogP contribution < -0.4 is 0 Å². The molecule has 0 heterocycles. The Kier molecular flexibility index (Phi) is 17.3. The lowest BCUT2D eigenvalue weighted by Gasteiger charge is -2.27. The van der Waals surface area contributed by atoms with Gasteiger partial charge in [0.05, 0.1) is 18.9 Å². The third-order valence-electron chi connectivity index (χ3n) is 3.63. The van der Waals surface area contributed by atoms with Gasteiger partial charge in [-0.2, -0.15) is 8.42 Å². The Morgan fingerprint density at radius 3 is 2.31 bits per heavy atom. The van der Waals surface area contributed by atoms with Gasteiger partial charge in [0.15, 0.2) is 5.12 Å². The molecule has 0 radical (unpaired) electrons. The fourth-order valence-electron chi connectivity index (χ4n) is 2.85. The van der Waals surface area contributed by atoms with Gasteiger partial charge >= 0.3 is 0 Å². The van der Waals surface area contributed by atoms with Crippen molar-refractivity contribution in [1.29, 1.82) is 0 Å². The number of carbonyl (C=O) groups excluding carboxylic acids is 1. The third-order valence-corrected chi connectivity index (χ3v) is 5.51. The van der Waals surface area contributed by atoms with Crippen molar-refractivity contribution in [3.63, 3.8) is 0 Å². The average Bonchev–Trinajstić information content (AvgIpc) is 2.80. The first-order valence-electron chi connectivity index (χ1n) is 9.38. The van der Waals surface area contributed by atoms with Crippen molar-refractivity contribution in [2.45, 2.75) is 84.5 Å². The van der Waals surface area contributed by atoms with Gasteiger partial charge in [0, 0.05) is 17.1 Å². The van der Waals surface area contributed by atoms with Crippen molar-refractivity contribution in [3.8, 4) is 0 Å². The maximum atomic E-state index is 11.4. The van der Waals surface area contributed by atoms with E-state index in [1.54, 1.807) is 6.92 Å². The van der Waals surface area contributed by atoms with E-state index in [4.69, 9.17) is 9.71 Å². The van der Waals surface area contributed by atoms with Crippen molar-refractivity contribution >= 4 is 27.0 Å². The van der Waals surface area contributed by atoms with E-state index >= 15 is 0 Å². The van der Waals surface area contributed by atoms with Crippen LogP contribution in [0.15, 0.2) is 5.11 Å². The van der Waals surface area contributed by atoms with Gasteiger partial charge in [-0.15, -0.1) is 0 Å². The Bertz CT molecular complexity index is 520. The summed E-state index contributed by atoms with van der Waals surface area (Å²) >= 11 is 1.33. The first kappa shape index (κ1) is 27.5. The predicted octanol–water partition coefficient (Wildman–Crippen LogP) is 5.31. The summed E-state index contributed by atoms with van der Waals surface area (Å²) in [5, 5.41) is 3.70. The fourth-order valence-corrected chi connectivity index (χ4v) is 4.63. The fraction of sp³-hybridized carbons (Fsp3) is 0.941. The summed E-state index contributed by atoms with van der Waals surface area (Å²) in [5.74, 6) is 0.192. The Hall–Kier alpha value is -0.760. The lowest BCUT2D eigenvalue weighted by atomic mass is 9.93. The Balaban J connectivity index is 0. The van der Waals surface area contributed by atoms with E-state index < -0.39 is 16.2 Å². The molecule has 26 heavy (non-hydrogen) atoms. The molecule has 0 amide bonds. The monoisotopic (exact) mass is 409 g/mol. The highest BCUT2D eigenvalue weighted by Crippen LogP contribution is 2.36. The number of thioether (sulfide) groups is 1. The van der Waals surface area contributed by atoms with Crippen LogP contribution >= 0.6 is 11.8 Å². The van der Waals surface area contributed by atoms with Crippen molar-refractivity contribution in [2.75, 3.05) is 12.8 Å². The van der Waals surface area contributed by atoms with Crippen LogP contribution in [-0.2, 0) is 19.1 Å². The average molecular weight is 410 g/mol. The van der Waals surface area contributed by atoms with E-state index in [-0.39, 0.29) is 22.8 Å². The molecule has 0 spiro atoms. The molecule has 0 saturated heterocycles. The molecule has 7 nitrogen and oxygen atoms in total. The van der Waals surface area contributed by atoms with E-state index in [1.807, 2.05) is 27.7 Å². The van der Waals surface area contributed by atoms with E-state index in [0.717, 1.165) is 38.4 Å². The molecule has 1 saturated carbocycles. The second-order valence-electron chi connectivity index (χ2n) is 5.62. The second-order valence-corrected chi connectivity index (χ2v) is 8.63. The Labute approximate surface area is 163 Å². The lowest BCUT2D eigenvalue weighted by Crippen LogP contribution is -2.28. The van der Waals surface area contributed by atoms with Crippen LogP contribution in [-0.4, -0.2) is 37.7 Å². The van der Waals surface area contributed by atoms with Gasteiger partial charge in [-0.1, -0.05) is 63.8 Å². The van der Waals surface area contributed by atoms with Gasteiger partial charge in [0.2, 0.25) is 0 Å². The Morgan fingerprint density at radius 2 is 1.81 bits per heavy atom. The SMILES string of the molecule is CC.CC.CC(=O)S[C@@H]1CCCCC[C@H]1CC(CN=[N+]=[N-])OS(C)(=O)=O. The summed E-state index contributed by atoms with van der Waals surface area (Å²) in [6.07, 6.45) is 5.96. The van der Waals surface area contributed by atoms with Crippen LogP contribution in [0.2, 0.25) is 0 Å². The molecule has 154 valence electrons. The van der Waals surface area contributed by atoms with Crippen LogP contribution in [0.3, 0.4) is 0 Å². The van der Waals surface area contributed by atoms with Crippen molar-refractivity contribution in [2.24, 2.45) is 11.0 Å². The highest BCUT2D eigenvalue weighted by atomic mass is 32.2. The normalized spacial score (nSPS) is 20.8. The highest BCUT2D eigenvalue weighted by molar-refractivity contribution is 8.14. The zero-order valence-corrected chi connectivity index (χ0v) is 18.6. The molecule has 9 heteroatoms. The number of nitrogens with zero attached hydrogens (tertiary/aromatic N) is 3. The minimum absolute atomic E-state index is 0.0163. The van der Waals surface area contributed by atoms with E-state index in [9.17, 15) is 13.2 Å². The molecule has 0 aromatic rings. The van der Waals surface area contributed by atoms with E-state index in [0.29, 0.717) is 6.42 Å². The molecule has 0 N–H and O–H groups in total. The summed E-state index contributed by atoms with van der Waals surface area (Å²) in [4.78, 5) is 14.1. The van der Waals surface area contributed by atoms with Gasteiger partial charge < -0.3 is 0 Å². The second kappa shape index (κ2) is 16.4. The van der Waals surface area contributed by atoms with Gasteiger partial charge in [-0.3, -0.25) is 8.98 Å². The number of hydrogen-bond donors (Lipinski definition) is 0. The third kappa shape index (κ3) is 14.4. The van der Waals surface area contributed by atoms with Gasteiger partial charge in [0.1, 0.15) is 0 Å². The summed E-state index contributed by atoms with van der Waals surface area (Å²) in [6, 6.07) is 0. The van der Waals surface area contributed by atoms with Crippen molar-refractivity contribution in [1.82, 2.24) is 0 Å². The quantitative estimate of drug-likeness (QED) is 0.186. The maximum absolute atomic E-state index is 11.4. The molecule has 1 unspecified atom stereocenters. The standard InChI is InChI=1S/C13H23N3O4S2.2C2H6/c1-10(17)21-13-7-5-3-4-6-11(13)8-12(9-15-16-14)20-22(2,18)19;2*1-2/h11-13H,3-9H2,1-2H3;2*1-2H3/t11-,12?,13+;;/m0../s1. The molecule has 0 aliphatic heterocycles. The van der Waals surface area contributed by atoms with Gasteiger partial charge in [-0.25, -0.2) is 0 Å². The topological polar surface area (TPSA) is 109 Å². The lowest BCUT2D eigenvalue weighted by molar-refractivity contribution is -0.109. The summed E-state index contributed by atoms with van der Waals surface area (Å²) in [6.45, 7) is 9.54. The molecule has 1 aliphatic rings. The van der Waals surface area contributed by atoms with Crippen LogP contribution in [0.4, 0.5) is 0 Å². The number of carbonyl (C=O) groups is 1. The molecule has 0 bridgehead atoms. The minimum atomic E-state index is -3.61. The molecular formula is C17H35N3O4S2. The number of hydrogen-bond acceptors (Lipinski definition) is 6. The number of rotatable bonds is 7. The summed E-state index contributed by atoms with van der Waals surface area (Å²) in [7, 11) is -3.61. The summed E-state index contributed by atoms with van der Waals surface area (Å²) < 4.78 is 27.8. The van der Waals surface area contributed by atoms with Crippen molar-refractivity contribution < 1.29 is 17.4 Å². The van der Waals surface area contributed by atoms with E-state index in [2.05, 4.69) is 10.0 Å².